The van der Waals surface area contributed by atoms with Crippen LogP contribution in [0.1, 0.15) is 27.7 Å². The molecular weight excluding hydrogens is 463 g/mol. The molecule has 0 aliphatic heterocycles. The molecule has 0 saturated carbocycles. The predicted octanol–water partition coefficient (Wildman–Crippen LogP) is 6.38. The summed E-state index contributed by atoms with van der Waals surface area (Å²) < 4.78 is 167. The van der Waals surface area contributed by atoms with Crippen LogP contribution in [-0.4, -0.2) is 55.0 Å². The molecular formula is C13H19F12O3P. The second-order valence-electron chi connectivity index (χ2n) is 7.45. The minimum atomic E-state index is -5.97. The van der Waals surface area contributed by atoms with E-state index >= 15 is 0 Å². The van der Waals surface area contributed by atoms with Gasteiger partial charge >= 0.3 is 157 Å². The van der Waals surface area contributed by atoms with Crippen molar-refractivity contribution in [2.24, 2.45) is 0 Å². The zero-order chi connectivity index (χ0) is 24.1. The molecule has 178 valence electrons. The van der Waals surface area contributed by atoms with Crippen LogP contribution < -0.4 is 0 Å². The van der Waals surface area contributed by atoms with Gasteiger partial charge in [-0.2, -0.15) is 0 Å². The van der Waals surface area contributed by atoms with Gasteiger partial charge in [-0.05, 0) is 0 Å². The number of rotatable bonds is 8. The Bertz CT molecular complexity index is 581. The van der Waals surface area contributed by atoms with Gasteiger partial charge in [0.15, 0.2) is 0 Å². The monoisotopic (exact) mass is 482 g/mol. The van der Waals surface area contributed by atoms with Crippen LogP contribution in [0, 0.1) is 0 Å². The van der Waals surface area contributed by atoms with Gasteiger partial charge < -0.3 is 0 Å². The molecule has 0 bridgehead atoms. The third kappa shape index (κ3) is 6.23. The second-order valence-corrected chi connectivity index (χ2v) is 11.9. The average Bonchev–Trinajstić information content (AvgIpc) is 2.30. The summed E-state index contributed by atoms with van der Waals surface area (Å²) in [5, 5.41) is -3.39. The second kappa shape index (κ2) is 7.56. The van der Waals surface area contributed by atoms with Crippen molar-refractivity contribution in [3.8, 4) is 0 Å². The molecule has 0 heterocycles. The van der Waals surface area contributed by atoms with Gasteiger partial charge in [-0.3, -0.25) is 0 Å². The van der Waals surface area contributed by atoms with E-state index in [9.17, 15) is 52.7 Å². The van der Waals surface area contributed by atoms with Crippen LogP contribution in [0.2, 0.25) is 0 Å². The topological polar surface area (TPSA) is 27.7 Å². The molecule has 0 radical (unpaired) electrons. The molecule has 0 aromatic carbocycles. The number of hydrogen-bond acceptors (Lipinski definition) is 3. The van der Waals surface area contributed by atoms with Crippen molar-refractivity contribution in [3.05, 3.63) is 0 Å². The predicted molar refractivity (Wildman–Crippen MR) is 78.5 cm³/mol. The van der Waals surface area contributed by atoms with Gasteiger partial charge in [0.1, 0.15) is 0 Å². The first kappa shape index (κ1) is 28.5. The molecule has 0 amide bonds. The zero-order valence-corrected chi connectivity index (χ0v) is 16.8. The van der Waals surface area contributed by atoms with Crippen molar-refractivity contribution < 1.29 is 66.7 Å². The molecule has 0 spiro atoms. The van der Waals surface area contributed by atoms with Crippen molar-refractivity contribution in [2.75, 3.05) is 13.3 Å². The van der Waals surface area contributed by atoms with Crippen molar-refractivity contribution in [2.45, 2.75) is 69.3 Å². The minimum absolute atomic E-state index is 0.0222. The van der Waals surface area contributed by atoms with Crippen LogP contribution in [0.15, 0.2) is 0 Å². The summed E-state index contributed by atoms with van der Waals surface area (Å²) >= 11 is 0. The van der Waals surface area contributed by atoms with E-state index < -0.39 is 49.1 Å². The normalized spacial score (nSPS) is 16.9. The van der Waals surface area contributed by atoms with Crippen LogP contribution >= 0.6 is 7.49 Å². The molecule has 0 aromatic heterocycles. The van der Waals surface area contributed by atoms with E-state index in [1.165, 1.54) is 0 Å². The van der Waals surface area contributed by atoms with E-state index in [0.29, 0.717) is 13.3 Å². The average molecular weight is 482 g/mol. The Morgan fingerprint density at radius 3 is 1.31 bits per heavy atom. The number of alkyl halides is 12. The van der Waals surface area contributed by atoms with Crippen molar-refractivity contribution >= 4 is 7.49 Å². The van der Waals surface area contributed by atoms with Crippen molar-refractivity contribution in [1.29, 1.82) is 0 Å². The van der Waals surface area contributed by atoms with Crippen molar-refractivity contribution in [1.82, 2.24) is 0 Å². The fourth-order valence-electron chi connectivity index (χ4n) is 1.76. The van der Waals surface area contributed by atoms with E-state index in [-0.39, 0.29) is 27.7 Å². The molecule has 0 N–H and O–H groups in total. The Kier molecular flexibility index (Phi) is 7.42. The van der Waals surface area contributed by atoms with Gasteiger partial charge in [0, 0.05) is 0 Å². The Morgan fingerprint density at radius 1 is 0.621 bits per heavy atom. The van der Waals surface area contributed by atoms with Crippen LogP contribution in [0.3, 0.4) is 0 Å². The van der Waals surface area contributed by atoms with E-state index in [1.807, 2.05) is 0 Å². The van der Waals surface area contributed by atoms with Gasteiger partial charge in [-0.15, -0.1) is 0 Å². The van der Waals surface area contributed by atoms with Crippen LogP contribution in [0.4, 0.5) is 52.7 Å². The first-order valence-electron chi connectivity index (χ1n) is 7.49. The standard InChI is InChI=1S/C13H19F12O3P/c1-7(2,10(16,17)18)26-11(19,20)9(14,15)8(3,4)29(5,6)28-13(24,25)27-12(21,22)23/h29H,1-6H3. The van der Waals surface area contributed by atoms with E-state index in [0.717, 1.165) is 0 Å². The van der Waals surface area contributed by atoms with Gasteiger partial charge in [0.05, 0.1) is 0 Å². The molecule has 0 rings (SSSR count). The number of hydrogen-bond donors (Lipinski definition) is 0. The fourth-order valence-corrected chi connectivity index (χ4v) is 3.56. The quantitative estimate of drug-likeness (QED) is 0.228. The van der Waals surface area contributed by atoms with E-state index in [4.69, 9.17) is 0 Å². The summed E-state index contributed by atoms with van der Waals surface area (Å²) in [5.41, 5.74) is -3.79. The molecule has 0 atom stereocenters. The molecule has 0 fully saturated rings. The maximum absolute atomic E-state index is 14.5. The summed E-state index contributed by atoms with van der Waals surface area (Å²) in [7, 11) is -5.00. The Labute approximate surface area is 158 Å². The summed E-state index contributed by atoms with van der Waals surface area (Å²) in [6.45, 7) is 1.35. The summed E-state index contributed by atoms with van der Waals surface area (Å²) in [6, 6.07) is 0. The molecule has 0 saturated heterocycles. The van der Waals surface area contributed by atoms with Gasteiger partial charge in [-0.25, -0.2) is 0 Å². The molecule has 29 heavy (non-hydrogen) atoms. The van der Waals surface area contributed by atoms with Crippen LogP contribution in [0.25, 0.3) is 0 Å². The van der Waals surface area contributed by atoms with E-state index in [1.54, 1.807) is 0 Å². The Balaban J connectivity index is 5.99. The Hall–Kier alpha value is -0.530. The van der Waals surface area contributed by atoms with E-state index in [2.05, 4.69) is 14.0 Å². The third-order valence-electron chi connectivity index (χ3n) is 4.33. The van der Waals surface area contributed by atoms with Crippen molar-refractivity contribution in [3.63, 3.8) is 0 Å². The van der Waals surface area contributed by atoms with Crippen LogP contribution in [0.5, 0.6) is 0 Å². The van der Waals surface area contributed by atoms with Crippen LogP contribution in [-0.2, 0) is 14.0 Å². The summed E-state index contributed by atoms with van der Waals surface area (Å²) in [6.07, 6.45) is -22.9. The van der Waals surface area contributed by atoms with Gasteiger partial charge in [-0.1, -0.05) is 0 Å². The molecule has 0 aromatic rings. The van der Waals surface area contributed by atoms with Gasteiger partial charge in [0.2, 0.25) is 0 Å². The number of ether oxygens (including phenoxy) is 2. The van der Waals surface area contributed by atoms with Gasteiger partial charge in [0.25, 0.3) is 0 Å². The maximum atomic E-state index is 14.5. The first-order chi connectivity index (χ1) is 12.1. The molecule has 0 aliphatic carbocycles. The summed E-state index contributed by atoms with van der Waals surface area (Å²) in [4.78, 5) is 0. The fraction of sp³-hybridized carbons (Fsp3) is 1.00. The third-order valence-corrected chi connectivity index (χ3v) is 8.40. The number of halogens is 12. The Morgan fingerprint density at radius 2 is 1.00 bits per heavy atom. The SMILES string of the molecule is CC(C)(OC(F)(F)C(F)(F)C(C)(C)[PH](C)(C)OC(F)(F)OC(F)(F)F)C(F)(F)F. The first-order valence-corrected chi connectivity index (χ1v) is 10.4. The molecule has 0 aliphatic rings. The molecule has 16 heteroatoms. The molecule has 0 unspecified atom stereocenters. The molecule has 3 nitrogen and oxygen atoms in total. The zero-order valence-electron chi connectivity index (χ0n) is 15.8. The summed E-state index contributed by atoms with van der Waals surface area (Å²) in [5.74, 6) is -5.59.